The number of allylic oxidation sites excluding steroid dienone is 2. The van der Waals surface area contributed by atoms with Crippen LogP contribution in [0.25, 0.3) is 0 Å². The van der Waals surface area contributed by atoms with Crippen LogP contribution in [0.5, 0.6) is 0 Å². The molecule has 4 rings (SSSR count). The fourth-order valence-corrected chi connectivity index (χ4v) is 4.08. The van der Waals surface area contributed by atoms with Gasteiger partial charge in [0.1, 0.15) is 5.82 Å². The van der Waals surface area contributed by atoms with Gasteiger partial charge < -0.3 is 5.32 Å². The quantitative estimate of drug-likeness (QED) is 0.746. The van der Waals surface area contributed by atoms with Gasteiger partial charge in [0.05, 0.1) is 11.5 Å². The predicted molar refractivity (Wildman–Crippen MR) is 83.4 cm³/mol. The highest BCUT2D eigenvalue weighted by Gasteiger charge is 2.37. The maximum atomic E-state index is 12.4. The lowest BCUT2D eigenvalue weighted by Crippen LogP contribution is -2.35. The van der Waals surface area contributed by atoms with Crippen LogP contribution < -0.4 is 16.6 Å². The molecule has 6 nitrogen and oxygen atoms in total. The molecule has 112 valence electrons. The van der Waals surface area contributed by atoms with Gasteiger partial charge in [-0.2, -0.15) is 0 Å². The Morgan fingerprint density at radius 2 is 2.00 bits per heavy atom. The highest BCUT2D eigenvalue weighted by Crippen LogP contribution is 2.43. The van der Waals surface area contributed by atoms with E-state index >= 15 is 0 Å². The van der Waals surface area contributed by atoms with Crippen LogP contribution in [0.15, 0.2) is 38.4 Å². The summed E-state index contributed by atoms with van der Waals surface area (Å²) < 4.78 is 0. The van der Waals surface area contributed by atoms with Crippen LogP contribution in [0.2, 0.25) is 0 Å². The number of H-pyrrole nitrogens is 2. The average Bonchev–Trinajstić information content (AvgIpc) is 2.99. The SMILES string of the molecule is O=C1CCCC2=C1[C@H](c1cccs1)c1c([nH]c(=O)[nH]c1=O)N2. The summed E-state index contributed by atoms with van der Waals surface area (Å²) in [5.74, 6) is 0.0728. The van der Waals surface area contributed by atoms with Gasteiger partial charge in [0.2, 0.25) is 0 Å². The van der Waals surface area contributed by atoms with Gasteiger partial charge in [0.15, 0.2) is 5.78 Å². The molecule has 0 bridgehead atoms. The third-order valence-corrected chi connectivity index (χ3v) is 5.05. The second kappa shape index (κ2) is 4.81. The molecule has 2 aromatic rings. The first kappa shape index (κ1) is 13.3. The van der Waals surface area contributed by atoms with Gasteiger partial charge in [-0.1, -0.05) is 6.07 Å². The number of hydrogen-bond acceptors (Lipinski definition) is 5. The van der Waals surface area contributed by atoms with Crippen LogP contribution in [0, 0.1) is 0 Å². The summed E-state index contributed by atoms with van der Waals surface area (Å²) in [7, 11) is 0. The number of anilines is 1. The van der Waals surface area contributed by atoms with Crippen molar-refractivity contribution < 1.29 is 4.79 Å². The Labute approximate surface area is 128 Å². The first-order valence-corrected chi connectivity index (χ1v) is 7.96. The molecule has 1 aliphatic heterocycles. The van der Waals surface area contributed by atoms with E-state index < -0.39 is 17.2 Å². The van der Waals surface area contributed by atoms with Crippen LogP contribution in [-0.4, -0.2) is 15.8 Å². The monoisotopic (exact) mass is 315 g/mol. The van der Waals surface area contributed by atoms with E-state index in [2.05, 4.69) is 15.3 Å². The molecule has 0 unspecified atom stereocenters. The lowest BCUT2D eigenvalue weighted by atomic mass is 9.79. The second-order valence-corrected chi connectivity index (χ2v) is 6.42. The molecule has 3 N–H and O–H groups in total. The predicted octanol–water partition coefficient (Wildman–Crippen LogP) is 1.69. The number of carbonyl (C=O) groups is 1. The molecule has 0 fully saturated rings. The Kier molecular flexibility index (Phi) is 2.90. The summed E-state index contributed by atoms with van der Waals surface area (Å²) in [6.45, 7) is 0. The second-order valence-electron chi connectivity index (χ2n) is 5.44. The molecule has 0 aromatic carbocycles. The third-order valence-electron chi connectivity index (χ3n) is 4.12. The maximum Gasteiger partial charge on any atom is 0.327 e. The van der Waals surface area contributed by atoms with Crippen molar-refractivity contribution in [2.24, 2.45) is 0 Å². The average molecular weight is 315 g/mol. The first-order chi connectivity index (χ1) is 10.6. The molecule has 0 saturated carbocycles. The molecule has 0 radical (unpaired) electrons. The first-order valence-electron chi connectivity index (χ1n) is 7.08. The summed E-state index contributed by atoms with van der Waals surface area (Å²) in [4.78, 5) is 42.2. The van der Waals surface area contributed by atoms with Gasteiger partial charge in [-0.15, -0.1) is 11.3 Å². The minimum absolute atomic E-state index is 0.0726. The van der Waals surface area contributed by atoms with E-state index in [4.69, 9.17) is 0 Å². The number of rotatable bonds is 1. The lowest BCUT2D eigenvalue weighted by Gasteiger charge is -2.32. The van der Waals surface area contributed by atoms with Gasteiger partial charge >= 0.3 is 5.69 Å². The third kappa shape index (κ3) is 1.89. The van der Waals surface area contributed by atoms with Gasteiger partial charge in [-0.25, -0.2) is 4.79 Å². The Hall–Kier alpha value is -2.41. The number of ketones is 1. The number of fused-ring (bicyclic) bond motifs is 1. The number of nitrogens with one attached hydrogen (secondary N) is 3. The highest BCUT2D eigenvalue weighted by molar-refractivity contribution is 7.10. The highest BCUT2D eigenvalue weighted by atomic mass is 32.1. The van der Waals surface area contributed by atoms with E-state index in [0.717, 1.165) is 23.4 Å². The summed E-state index contributed by atoms with van der Waals surface area (Å²) in [5.41, 5.74) is 0.903. The molecule has 0 spiro atoms. The van der Waals surface area contributed by atoms with E-state index in [0.29, 0.717) is 23.4 Å². The summed E-state index contributed by atoms with van der Waals surface area (Å²) in [5, 5.41) is 5.01. The zero-order valence-corrected chi connectivity index (χ0v) is 12.4. The zero-order chi connectivity index (χ0) is 15.3. The van der Waals surface area contributed by atoms with Gasteiger partial charge in [-0.05, 0) is 24.3 Å². The van der Waals surface area contributed by atoms with Crippen LogP contribution in [-0.2, 0) is 4.79 Å². The maximum absolute atomic E-state index is 12.4. The van der Waals surface area contributed by atoms with Crippen LogP contribution in [0.1, 0.15) is 35.6 Å². The number of aromatic nitrogens is 2. The van der Waals surface area contributed by atoms with Gasteiger partial charge in [0.25, 0.3) is 5.56 Å². The largest absolute Gasteiger partial charge is 0.344 e. The molecule has 22 heavy (non-hydrogen) atoms. The van der Waals surface area contributed by atoms with Crippen LogP contribution in [0.3, 0.4) is 0 Å². The van der Waals surface area contributed by atoms with Crippen molar-refractivity contribution in [2.45, 2.75) is 25.2 Å². The van der Waals surface area contributed by atoms with E-state index in [1.54, 1.807) is 0 Å². The molecular weight excluding hydrogens is 302 g/mol. The van der Waals surface area contributed by atoms with E-state index in [9.17, 15) is 14.4 Å². The molecular formula is C15H13N3O3S. The van der Waals surface area contributed by atoms with Crippen molar-refractivity contribution in [1.82, 2.24) is 9.97 Å². The topological polar surface area (TPSA) is 94.8 Å². The summed E-state index contributed by atoms with van der Waals surface area (Å²) >= 11 is 1.50. The molecule has 1 aliphatic carbocycles. The van der Waals surface area contributed by atoms with E-state index in [1.807, 2.05) is 17.5 Å². The molecule has 0 saturated heterocycles. The smallest absolute Gasteiger partial charge is 0.327 e. The molecule has 1 atom stereocenters. The van der Waals surface area contributed by atoms with Crippen molar-refractivity contribution in [2.75, 3.05) is 5.32 Å². The summed E-state index contributed by atoms with van der Waals surface area (Å²) in [6, 6.07) is 3.82. The molecule has 0 amide bonds. The fourth-order valence-electron chi connectivity index (χ4n) is 3.23. The van der Waals surface area contributed by atoms with Crippen molar-refractivity contribution >= 4 is 22.9 Å². The fraction of sp³-hybridized carbons (Fsp3) is 0.267. The van der Waals surface area contributed by atoms with Crippen LogP contribution in [0.4, 0.5) is 5.82 Å². The standard InChI is InChI=1S/C15H13N3O3S/c19-8-4-1-3-7-10(8)11(9-5-2-6-22-9)12-13(16-7)17-15(21)18-14(12)20/h2,5-6,11H,1,3-4H2,(H3,16,17,18,20,21)/t11-/m0/s1. The molecule has 2 aliphatic rings. The Morgan fingerprint density at radius 1 is 1.14 bits per heavy atom. The summed E-state index contributed by atoms with van der Waals surface area (Å²) in [6.07, 6.45) is 2.03. The minimum Gasteiger partial charge on any atom is -0.344 e. The van der Waals surface area contributed by atoms with Gasteiger partial charge in [-0.3, -0.25) is 19.6 Å². The van der Waals surface area contributed by atoms with Crippen molar-refractivity contribution in [1.29, 1.82) is 0 Å². The van der Waals surface area contributed by atoms with Crippen molar-refractivity contribution in [3.63, 3.8) is 0 Å². The van der Waals surface area contributed by atoms with Gasteiger partial charge in [0, 0.05) is 22.6 Å². The number of thiophene rings is 1. The molecule has 3 heterocycles. The van der Waals surface area contributed by atoms with E-state index in [1.165, 1.54) is 11.3 Å². The Morgan fingerprint density at radius 3 is 2.77 bits per heavy atom. The number of carbonyl (C=O) groups excluding carboxylic acids is 1. The molecule has 7 heteroatoms. The van der Waals surface area contributed by atoms with Crippen LogP contribution >= 0.6 is 11.3 Å². The van der Waals surface area contributed by atoms with Crippen molar-refractivity contribution in [3.05, 3.63) is 60.1 Å². The Bertz CT molecular complexity index is 905. The van der Waals surface area contributed by atoms with Crippen molar-refractivity contribution in [3.8, 4) is 0 Å². The van der Waals surface area contributed by atoms with E-state index in [-0.39, 0.29) is 5.78 Å². The number of hydrogen-bond donors (Lipinski definition) is 3. The lowest BCUT2D eigenvalue weighted by molar-refractivity contribution is -0.116. The Balaban J connectivity index is 2.03. The molecule has 2 aromatic heterocycles. The number of aromatic amines is 2. The zero-order valence-electron chi connectivity index (χ0n) is 11.6. The normalized spacial score (nSPS) is 20.4. The minimum atomic E-state index is -0.549. The number of Topliss-reactive ketones (excluding diaryl/α,β-unsaturated/α-hetero) is 1.